The Balaban J connectivity index is 0.000000116. The van der Waals surface area contributed by atoms with E-state index in [2.05, 4.69) is 176 Å². The number of phenols is 1. The molecule has 8 N–H and O–H groups in total. The van der Waals surface area contributed by atoms with E-state index in [-0.39, 0.29) is 62.0 Å². The number of methoxy groups -OCH3 is 1. The zero-order valence-corrected chi connectivity index (χ0v) is 87.7. The van der Waals surface area contributed by atoms with Crippen molar-refractivity contribution in [1.82, 2.24) is 104 Å². The van der Waals surface area contributed by atoms with E-state index in [1.807, 2.05) is 78.9 Å². The number of ether oxygens (including phenoxy) is 1. The monoisotopic (exact) mass is 2060 g/mol. The summed E-state index contributed by atoms with van der Waals surface area (Å²) in [6.07, 6.45) is 27.7. The molecule has 145 heavy (non-hydrogen) atoms. The molecule has 4 bridgehead atoms. The molecule has 13 heterocycles. The Labute approximate surface area is 857 Å². The molecule has 768 valence electrons. The number of aromatic nitrogens is 14. The number of rotatable bonds is 14. The van der Waals surface area contributed by atoms with E-state index < -0.39 is 5.82 Å². The average molecular weight is 2060 g/mol. The molecule has 11 fully saturated rings. The van der Waals surface area contributed by atoms with E-state index in [1.54, 1.807) is 55.6 Å². The van der Waals surface area contributed by atoms with Gasteiger partial charge < -0.3 is 79.0 Å². The number of phenolic OH excluding ortho intramolecular Hbond substituents is 1. The van der Waals surface area contributed by atoms with Crippen molar-refractivity contribution in [2.75, 3.05) is 117 Å². The minimum Gasteiger partial charge on any atom is -0.506 e. The van der Waals surface area contributed by atoms with Crippen molar-refractivity contribution in [2.45, 2.75) is 226 Å². The third-order valence-electron chi connectivity index (χ3n) is 32.4. The Morgan fingerprint density at radius 3 is 1.09 bits per heavy atom. The van der Waals surface area contributed by atoms with Crippen molar-refractivity contribution < 1.29 is 14.2 Å². The van der Waals surface area contributed by atoms with Crippen LogP contribution in [0.25, 0.3) is 76.3 Å². The Hall–Kier alpha value is -11.5. The van der Waals surface area contributed by atoms with Crippen LogP contribution in [-0.4, -0.2) is 256 Å². The first-order valence-corrected chi connectivity index (χ1v) is 53.2. The zero-order chi connectivity index (χ0) is 102. The van der Waals surface area contributed by atoms with Crippen molar-refractivity contribution >= 4 is 104 Å². The maximum atomic E-state index is 13.9. The second-order valence-corrected chi connectivity index (χ2v) is 43.6. The Kier molecular flexibility index (Phi) is 34.4. The molecule has 7 aromatic carbocycles. The average Bonchev–Trinajstić information content (AvgIpc) is 0.792. The molecule has 30 nitrogen and oxygen atoms in total. The normalized spacial score (nSPS) is 24.5. The van der Waals surface area contributed by atoms with E-state index in [1.165, 1.54) is 70.5 Å². The number of aromatic hydroxyl groups is 1. The summed E-state index contributed by atoms with van der Waals surface area (Å²) in [5.41, 5.74) is 3.65. The summed E-state index contributed by atoms with van der Waals surface area (Å²) in [5.74, 6) is 9.91. The Morgan fingerprint density at radius 1 is 0.345 bits per heavy atom. The fraction of sp³-hybridized carbons (Fsp3) is 0.500. The van der Waals surface area contributed by atoms with E-state index in [4.69, 9.17) is 31.3 Å². The molecule has 11 aliphatic rings. The summed E-state index contributed by atoms with van der Waals surface area (Å²) in [4.78, 5) is 155. The second kappa shape index (κ2) is 47.6. The highest BCUT2D eigenvalue weighted by atomic mass is 79.9. The molecule has 7 aromatic heterocycles. The topological polar surface area (TPSA) is 372 Å². The molecule has 5 saturated carbocycles. The number of para-hydroxylation sites is 7. The minimum absolute atomic E-state index is 0.00273. The van der Waals surface area contributed by atoms with Gasteiger partial charge in [0, 0.05) is 89.7 Å². The minimum atomic E-state index is -0.429. The highest BCUT2D eigenvalue weighted by Crippen LogP contribution is 2.42. The van der Waals surface area contributed by atoms with Crippen molar-refractivity contribution in [2.24, 2.45) is 17.8 Å². The van der Waals surface area contributed by atoms with Crippen LogP contribution in [0.15, 0.2) is 178 Å². The lowest BCUT2D eigenvalue weighted by Gasteiger charge is -2.44. The number of piperidine rings is 6. The van der Waals surface area contributed by atoms with Gasteiger partial charge in [-0.3, -0.25) is 33.6 Å². The number of aromatic amines is 7. The maximum absolute atomic E-state index is 13.9. The van der Waals surface area contributed by atoms with Gasteiger partial charge in [-0.25, -0.2) is 39.3 Å². The van der Waals surface area contributed by atoms with Crippen molar-refractivity contribution in [3.05, 3.63) is 268 Å². The summed E-state index contributed by atoms with van der Waals surface area (Å²) in [6.45, 7) is 7.14. The molecule has 0 radical (unpaired) electrons. The molecular weight excluding hydrogens is 1920 g/mol. The van der Waals surface area contributed by atoms with E-state index in [0.29, 0.717) is 142 Å². The lowest BCUT2D eigenvalue weighted by atomic mass is 9.77. The molecule has 2 atom stereocenters. The van der Waals surface area contributed by atoms with Crippen molar-refractivity contribution in [3.63, 3.8) is 0 Å². The van der Waals surface area contributed by atoms with Gasteiger partial charge >= 0.3 is 0 Å². The van der Waals surface area contributed by atoms with Gasteiger partial charge in [0.25, 0.3) is 38.9 Å². The standard InChI is InChI=1S/C17H23N3O2.C16H20BrN3O.C16H20ClN3O.C16H20FN3O.C16H21N3O2.C16H19N3O.C15H17N3O/c1-20(2)12-9-7-11(8-10-12)16-18-15-13(17(21)19-16)5-4-6-14(15)22-3;3*1-20(2)11-8-6-10(7-9-11)15-18-14-12(16(21)19-15)4-3-5-13(14)17;1-19(2)11-8-6-10(7-9-11)15-17-14-12(16(21)18-15)4-3-5-13(14)20;20-16-13-3-1-2-4-14(13)17-15(18-16)9-12-10-19-7-5-11(12)6-8-19;19-15-11-3-1-2-4-13(11)16-14(17-15)12-9-18-7-5-10(12)6-8-18/h4-6,11-12H,7-10H2,1-3H3,(H,18,19,21);3*3-5,10-11H,6-9H2,1-2H3,(H,18,19,21);3-5,10-11,20H,6-9H2,1-2H3,(H,17,18,21);1-4,11-12H,5-10H2,(H,17,18,20);1-4,10,12H,5-9H2,(H,16,17,19). The largest absolute Gasteiger partial charge is 0.506 e. The number of fused-ring (bicyclic) bond motifs is 13. The third kappa shape index (κ3) is 25.0. The smallest absolute Gasteiger partial charge is 0.258 e. The Bertz CT molecular complexity index is 6800. The van der Waals surface area contributed by atoms with Gasteiger partial charge in [-0.1, -0.05) is 66.2 Å². The van der Waals surface area contributed by atoms with E-state index >= 15 is 0 Å². The van der Waals surface area contributed by atoms with Crippen LogP contribution in [0.3, 0.4) is 0 Å². The molecule has 0 amide bonds. The van der Waals surface area contributed by atoms with Gasteiger partial charge in [0.05, 0.1) is 71.9 Å². The summed E-state index contributed by atoms with van der Waals surface area (Å²) in [6, 6.07) is 44.1. The van der Waals surface area contributed by atoms with Gasteiger partial charge in [0.2, 0.25) is 0 Å². The van der Waals surface area contributed by atoms with Gasteiger partial charge in [-0.05, 0) is 369 Å². The maximum Gasteiger partial charge on any atom is 0.258 e. The molecule has 25 rings (SSSR count). The molecular formula is C112H140BrClFN21O9. The molecule has 5 aliphatic carbocycles. The van der Waals surface area contributed by atoms with Crippen LogP contribution in [0.4, 0.5) is 4.39 Å². The first kappa shape index (κ1) is 105. The quantitative estimate of drug-likeness (QED) is 0.0501. The zero-order valence-electron chi connectivity index (χ0n) is 85.4. The second-order valence-electron chi connectivity index (χ2n) is 42.4. The fourth-order valence-corrected chi connectivity index (χ4v) is 24.2. The van der Waals surface area contributed by atoms with Crippen LogP contribution in [0.2, 0.25) is 5.02 Å². The lowest BCUT2D eigenvalue weighted by Crippen LogP contribution is -2.48. The SMILES string of the molecule is CN(C)C1CCC(c2nc3c(Br)cccc3c(=O)[nH]2)CC1.CN(C)C1CCC(c2nc3c(Cl)cccc3c(=O)[nH]2)CC1.CN(C)C1CCC(c2nc3c(F)cccc3c(=O)[nH]2)CC1.CN(C)C1CCC(c2nc3c(O)cccc3c(=O)[nH]2)CC1.COc1cccc2c(=O)[nH]c(C3CCC(N(C)C)CC3)nc12.O=c1[nH]c(C2CN3CCC2CC3)nc2ccccc12.O=c1[nH]c(CC2CN3CCC2CC3)nc2ccccc12. The predicted molar refractivity (Wildman–Crippen MR) is 579 cm³/mol. The van der Waals surface area contributed by atoms with Crippen molar-refractivity contribution in [1.29, 1.82) is 0 Å². The number of hydrogen-bond acceptors (Lipinski definition) is 23. The van der Waals surface area contributed by atoms with Crippen LogP contribution < -0.4 is 43.7 Å². The molecule has 0 spiro atoms. The summed E-state index contributed by atoms with van der Waals surface area (Å²) in [5, 5.41) is 14.4. The highest BCUT2D eigenvalue weighted by Gasteiger charge is 2.39. The van der Waals surface area contributed by atoms with E-state index in [0.717, 1.165) is 197 Å². The number of nitrogens with one attached hydrogen (secondary N) is 7. The van der Waals surface area contributed by atoms with Crippen LogP contribution in [0.5, 0.6) is 11.5 Å². The molecule has 14 aromatic rings. The summed E-state index contributed by atoms with van der Waals surface area (Å²) in [7, 11) is 22.8. The van der Waals surface area contributed by atoms with Gasteiger partial charge in [0.1, 0.15) is 74.6 Å². The lowest BCUT2D eigenvalue weighted by molar-refractivity contribution is 0.0503. The van der Waals surface area contributed by atoms with Crippen LogP contribution in [0.1, 0.15) is 230 Å². The third-order valence-corrected chi connectivity index (χ3v) is 33.3. The van der Waals surface area contributed by atoms with Gasteiger partial charge in [-0.2, -0.15) is 0 Å². The van der Waals surface area contributed by atoms with Crippen LogP contribution in [-0.2, 0) is 6.42 Å². The fourth-order valence-electron chi connectivity index (χ4n) is 23.6. The molecule has 6 aliphatic heterocycles. The number of H-pyrrole nitrogens is 7. The van der Waals surface area contributed by atoms with Gasteiger partial charge in [-0.15, -0.1) is 0 Å². The van der Waals surface area contributed by atoms with Crippen molar-refractivity contribution in [3.8, 4) is 11.5 Å². The summed E-state index contributed by atoms with van der Waals surface area (Å²) < 4.78 is 20.1. The van der Waals surface area contributed by atoms with Crippen LogP contribution >= 0.6 is 27.5 Å². The molecule has 33 heteroatoms. The summed E-state index contributed by atoms with van der Waals surface area (Å²) >= 11 is 9.68. The first-order valence-electron chi connectivity index (χ1n) is 52.0. The predicted octanol–water partition coefficient (Wildman–Crippen LogP) is 17.4. The Morgan fingerprint density at radius 2 is 0.669 bits per heavy atom. The van der Waals surface area contributed by atoms with E-state index in [9.17, 15) is 43.1 Å². The number of benzene rings is 7. The number of hydrogen-bond donors (Lipinski definition) is 8. The first-order chi connectivity index (χ1) is 69.9. The molecule has 2 unspecified atom stereocenters. The van der Waals surface area contributed by atoms with Gasteiger partial charge in [0.15, 0.2) is 0 Å². The number of halogens is 3. The van der Waals surface area contributed by atoms with Crippen LogP contribution in [0, 0.1) is 23.6 Å². The number of nitrogens with zero attached hydrogens (tertiary/aromatic N) is 14. The molecule has 6 saturated heterocycles. The highest BCUT2D eigenvalue weighted by molar-refractivity contribution is 9.10.